The average molecular weight is 401 g/mol. The Kier molecular flexibility index (Phi) is 5.59. The highest BCUT2D eigenvalue weighted by atomic mass is 32.1. The van der Waals surface area contributed by atoms with Crippen LogP contribution in [-0.2, 0) is 22.4 Å². The van der Waals surface area contributed by atoms with Crippen LogP contribution in [0.25, 0.3) is 0 Å². The number of fused-ring (bicyclic) bond motifs is 1. The molecule has 1 atom stereocenters. The number of amides is 2. The molecule has 8 heteroatoms. The van der Waals surface area contributed by atoms with Gasteiger partial charge < -0.3 is 19.7 Å². The van der Waals surface area contributed by atoms with Crippen molar-refractivity contribution in [2.75, 3.05) is 38.7 Å². The van der Waals surface area contributed by atoms with E-state index in [4.69, 9.17) is 9.47 Å². The Balaban J connectivity index is 1.40. The molecule has 2 aliphatic heterocycles. The number of carbonyl (C=O) groups excluding carboxylic acids is 2. The van der Waals surface area contributed by atoms with Gasteiger partial charge in [-0.3, -0.25) is 9.59 Å². The summed E-state index contributed by atoms with van der Waals surface area (Å²) in [7, 11) is 1.59. The van der Waals surface area contributed by atoms with Crippen molar-refractivity contribution in [1.82, 2.24) is 9.88 Å². The lowest BCUT2D eigenvalue weighted by molar-refractivity contribution is -0.135. The molecule has 0 aliphatic carbocycles. The zero-order chi connectivity index (χ0) is 19.5. The maximum atomic E-state index is 12.6. The van der Waals surface area contributed by atoms with E-state index in [0.717, 1.165) is 23.4 Å². The van der Waals surface area contributed by atoms with E-state index < -0.39 is 0 Å². The van der Waals surface area contributed by atoms with Crippen LogP contribution in [0.3, 0.4) is 0 Å². The van der Waals surface area contributed by atoms with Gasteiger partial charge in [-0.1, -0.05) is 6.07 Å². The van der Waals surface area contributed by atoms with Gasteiger partial charge in [0.05, 0.1) is 25.3 Å². The Morgan fingerprint density at radius 1 is 1.32 bits per heavy atom. The number of rotatable bonds is 4. The summed E-state index contributed by atoms with van der Waals surface area (Å²) < 4.78 is 10.5. The summed E-state index contributed by atoms with van der Waals surface area (Å²) in [6.45, 7) is 2.51. The van der Waals surface area contributed by atoms with Gasteiger partial charge in [-0.2, -0.15) is 0 Å². The van der Waals surface area contributed by atoms with E-state index in [2.05, 4.69) is 10.3 Å². The van der Waals surface area contributed by atoms with Gasteiger partial charge in [0.1, 0.15) is 5.75 Å². The maximum absolute atomic E-state index is 12.6. The van der Waals surface area contributed by atoms with Crippen LogP contribution >= 0.6 is 11.3 Å². The van der Waals surface area contributed by atoms with Crippen LogP contribution in [0.1, 0.15) is 26.8 Å². The molecule has 0 saturated carbocycles. The molecule has 1 saturated heterocycles. The van der Waals surface area contributed by atoms with Crippen LogP contribution in [0.15, 0.2) is 24.3 Å². The molecule has 4 rings (SSSR count). The fourth-order valence-electron chi connectivity index (χ4n) is 3.55. The number of nitrogens with one attached hydrogen (secondary N) is 1. The number of nitrogens with zero attached hydrogens (tertiary/aromatic N) is 2. The molecule has 1 fully saturated rings. The van der Waals surface area contributed by atoms with Crippen molar-refractivity contribution in [3.8, 4) is 5.75 Å². The van der Waals surface area contributed by atoms with Gasteiger partial charge in [-0.25, -0.2) is 4.98 Å². The first-order valence-corrected chi connectivity index (χ1v) is 10.3. The van der Waals surface area contributed by atoms with E-state index in [1.807, 2.05) is 23.1 Å². The highest BCUT2D eigenvalue weighted by Crippen LogP contribution is 2.26. The highest BCUT2D eigenvalue weighted by Gasteiger charge is 2.30. The summed E-state index contributed by atoms with van der Waals surface area (Å²) >= 11 is 1.41. The molecule has 28 heavy (non-hydrogen) atoms. The fourth-order valence-corrected chi connectivity index (χ4v) is 4.55. The van der Waals surface area contributed by atoms with E-state index in [-0.39, 0.29) is 17.7 Å². The van der Waals surface area contributed by atoms with Crippen molar-refractivity contribution >= 4 is 28.8 Å². The Labute approximate surface area is 167 Å². The zero-order valence-electron chi connectivity index (χ0n) is 15.8. The molecule has 1 N–H and O–H groups in total. The SMILES string of the molecule is COc1cccc(NC(=O)c2nc3c(s2)CCN(C(=O)C2CCOC2)CC3)c1. The number of ether oxygens (including phenoxy) is 2. The first-order chi connectivity index (χ1) is 13.6. The van der Waals surface area contributed by atoms with Crippen molar-refractivity contribution in [3.05, 3.63) is 39.8 Å². The van der Waals surface area contributed by atoms with Gasteiger partial charge in [-0.15, -0.1) is 11.3 Å². The van der Waals surface area contributed by atoms with Crippen LogP contribution < -0.4 is 10.1 Å². The molecule has 1 aromatic carbocycles. The van der Waals surface area contributed by atoms with Crippen molar-refractivity contribution in [3.63, 3.8) is 0 Å². The summed E-state index contributed by atoms with van der Waals surface area (Å²) in [5.41, 5.74) is 1.60. The maximum Gasteiger partial charge on any atom is 0.284 e. The van der Waals surface area contributed by atoms with E-state index in [1.165, 1.54) is 11.3 Å². The van der Waals surface area contributed by atoms with Gasteiger partial charge in [0.25, 0.3) is 5.91 Å². The molecular formula is C20H23N3O4S. The van der Waals surface area contributed by atoms with E-state index in [9.17, 15) is 9.59 Å². The van der Waals surface area contributed by atoms with Crippen molar-refractivity contribution in [1.29, 1.82) is 0 Å². The topological polar surface area (TPSA) is 80.8 Å². The van der Waals surface area contributed by atoms with Crippen molar-refractivity contribution in [2.24, 2.45) is 5.92 Å². The van der Waals surface area contributed by atoms with Gasteiger partial charge >= 0.3 is 0 Å². The third-order valence-electron chi connectivity index (χ3n) is 5.12. The molecule has 0 bridgehead atoms. The minimum absolute atomic E-state index is 0.00621. The smallest absolute Gasteiger partial charge is 0.284 e. The number of aromatic nitrogens is 1. The molecule has 148 valence electrons. The predicted octanol–water partition coefficient (Wildman–Crippen LogP) is 2.37. The normalized spacial score (nSPS) is 19.0. The number of hydrogen-bond donors (Lipinski definition) is 1. The summed E-state index contributed by atoms with van der Waals surface area (Å²) in [6.07, 6.45) is 2.22. The van der Waals surface area contributed by atoms with E-state index in [0.29, 0.717) is 49.2 Å². The Hall–Kier alpha value is -2.45. The van der Waals surface area contributed by atoms with Gasteiger partial charge in [-0.05, 0) is 18.6 Å². The van der Waals surface area contributed by atoms with Crippen molar-refractivity contribution in [2.45, 2.75) is 19.3 Å². The van der Waals surface area contributed by atoms with Gasteiger partial charge in [0.2, 0.25) is 5.91 Å². The summed E-state index contributed by atoms with van der Waals surface area (Å²) in [5, 5.41) is 3.33. The molecule has 2 amide bonds. The number of methoxy groups -OCH3 is 1. The first kappa shape index (κ1) is 18.9. The second-order valence-corrected chi connectivity index (χ2v) is 8.04. The number of anilines is 1. The second kappa shape index (κ2) is 8.28. The molecule has 0 radical (unpaired) electrons. The lowest BCUT2D eigenvalue weighted by Crippen LogP contribution is -2.38. The van der Waals surface area contributed by atoms with Crippen LogP contribution in [0, 0.1) is 5.92 Å². The Morgan fingerprint density at radius 2 is 2.18 bits per heavy atom. The number of carbonyl (C=O) groups is 2. The summed E-state index contributed by atoms with van der Waals surface area (Å²) in [4.78, 5) is 32.8. The third-order valence-corrected chi connectivity index (χ3v) is 6.27. The molecular weight excluding hydrogens is 378 g/mol. The molecule has 0 spiro atoms. The molecule has 3 heterocycles. The minimum Gasteiger partial charge on any atom is -0.497 e. The van der Waals surface area contributed by atoms with Crippen LogP contribution in [0.2, 0.25) is 0 Å². The minimum atomic E-state index is -0.220. The number of thiazole rings is 1. The third kappa shape index (κ3) is 4.02. The molecule has 1 unspecified atom stereocenters. The van der Waals surface area contributed by atoms with E-state index in [1.54, 1.807) is 13.2 Å². The number of hydrogen-bond acceptors (Lipinski definition) is 6. The second-order valence-electron chi connectivity index (χ2n) is 6.96. The lowest BCUT2D eigenvalue weighted by Gasteiger charge is -2.23. The largest absolute Gasteiger partial charge is 0.497 e. The standard InChI is InChI=1S/C20H23N3O4S/c1-26-15-4-2-3-14(11-15)21-18(24)19-22-16-5-8-23(9-6-17(16)28-19)20(25)13-7-10-27-12-13/h2-4,11,13H,5-10,12H2,1H3,(H,21,24). The van der Waals surface area contributed by atoms with Gasteiger partial charge in [0, 0.05) is 49.2 Å². The van der Waals surface area contributed by atoms with Crippen LogP contribution in [-0.4, -0.2) is 55.1 Å². The monoisotopic (exact) mass is 401 g/mol. The van der Waals surface area contributed by atoms with Gasteiger partial charge in [0.15, 0.2) is 5.01 Å². The highest BCUT2D eigenvalue weighted by molar-refractivity contribution is 7.13. The van der Waals surface area contributed by atoms with E-state index >= 15 is 0 Å². The zero-order valence-corrected chi connectivity index (χ0v) is 16.6. The predicted molar refractivity (Wildman–Crippen MR) is 106 cm³/mol. The first-order valence-electron chi connectivity index (χ1n) is 9.44. The lowest BCUT2D eigenvalue weighted by atomic mass is 10.1. The van der Waals surface area contributed by atoms with Crippen molar-refractivity contribution < 1.29 is 19.1 Å². The molecule has 7 nitrogen and oxygen atoms in total. The number of benzene rings is 1. The Morgan fingerprint density at radius 3 is 2.96 bits per heavy atom. The van der Waals surface area contributed by atoms with Crippen LogP contribution in [0.4, 0.5) is 5.69 Å². The summed E-state index contributed by atoms with van der Waals surface area (Å²) in [6, 6.07) is 7.24. The Bertz CT molecular complexity index is 851. The molecule has 1 aromatic heterocycles. The quantitative estimate of drug-likeness (QED) is 0.851. The summed E-state index contributed by atoms with van der Waals surface area (Å²) in [5.74, 6) is 0.643. The fraction of sp³-hybridized carbons (Fsp3) is 0.450. The average Bonchev–Trinajstić information content (AvgIpc) is 3.34. The van der Waals surface area contributed by atoms with Crippen LogP contribution in [0.5, 0.6) is 5.75 Å². The molecule has 2 aromatic rings. The molecule has 2 aliphatic rings.